The van der Waals surface area contributed by atoms with Crippen LogP contribution in [0.4, 0.5) is 5.00 Å². The van der Waals surface area contributed by atoms with Crippen molar-refractivity contribution in [2.24, 2.45) is 13.0 Å². The molecular formula is C23H29ClN6O3S2. The van der Waals surface area contributed by atoms with E-state index in [0.29, 0.717) is 51.3 Å². The van der Waals surface area contributed by atoms with E-state index in [9.17, 15) is 9.59 Å². The van der Waals surface area contributed by atoms with Gasteiger partial charge < -0.3 is 14.6 Å². The molecule has 1 amide bonds. The number of hydrogen-bond acceptors (Lipinski definition) is 8. The highest BCUT2D eigenvalue weighted by Gasteiger charge is 2.30. The fraction of sp³-hybridized carbons (Fsp3) is 0.522. The molecule has 188 valence electrons. The standard InChI is InChI=1S/C23H29ClN6O3S2/c1-5-13-8-9-14-16(10-13)35-21(18(14)22(32)33-7-3)25-17(31)12-34-23-27-26-20(30(23)6-2)19-15(24)11-29(4)28-19/h11,13H,5-10,12H2,1-4H3,(H,25,31). The Balaban J connectivity index is 1.50. The minimum Gasteiger partial charge on any atom is -0.462 e. The highest BCUT2D eigenvalue weighted by molar-refractivity contribution is 7.99. The second-order valence-electron chi connectivity index (χ2n) is 8.33. The van der Waals surface area contributed by atoms with Gasteiger partial charge in [0.1, 0.15) is 10.7 Å². The fourth-order valence-electron chi connectivity index (χ4n) is 4.27. The van der Waals surface area contributed by atoms with Crippen molar-refractivity contribution in [1.29, 1.82) is 0 Å². The number of ether oxygens (including phenoxy) is 1. The highest BCUT2D eigenvalue weighted by atomic mass is 35.5. The fourth-order valence-corrected chi connectivity index (χ4v) is 6.70. The molecule has 0 fully saturated rings. The Hall–Kier alpha value is -2.37. The third kappa shape index (κ3) is 5.41. The van der Waals surface area contributed by atoms with Gasteiger partial charge in [-0.3, -0.25) is 9.48 Å². The van der Waals surface area contributed by atoms with E-state index >= 15 is 0 Å². The molecular weight excluding hydrogens is 508 g/mol. The van der Waals surface area contributed by atoms with Crippen LogP contribution in [0.5, 0.6) is 0 Å². The summed E-state index contributed by atoms with van der Waals surface area (Å²) in [6.07, 6.45) is 5.63. The SMILES string of the molecule is CCOC(=O)c1c(NC(=O)CSc2nnc(-c3nn(C)cc3Cl)n2CC)sc2c1CCC(CC)C2. The monoisotopic (exact) mass is 536 g/mol. The van der Waals surface area contributed by atoms with Crippen molar-refractivity contribution in [1.82, 2.24) is 24.5 Å². The minimum atomic E-state index is -0.370. The number of carbonyl (C=O) groups is 2. The third-order valence-corrected chi connectivity index (χ3v) is 8.45. The summed E-state index contributed by atoms with van der Waals surface area (Å²) in [4.78, 5) is 26.8. The van der Waals surface area contributed by atoms with Crippen LogP contribution in [-0.2, 0) is 36.0 Å². The Morgan fingerprint density at radius 1 is 1.31 bits per heavy atom. The minimum absolute atomic E-state index is 0.122. The first-order valence-electron chi connectivity index (χ1n) is 11.7. The van der Waals surface area contributed by atoms with Crippen LogP contribution >= 0.6 is 34.7 Å². The van der Waals surface area contributed by atoms with E-state index in [1.54, 1.807) is 24.9 Å². The average molecular weight is 537 g/mol. The highest BCUT2D eigenvalue weighted by Crippen LogP contribution is 2.41. The number of carbonyl (C=O) groups excluding carboxylic acids is 2. The van der Waals surface area contributed by atoms with Crippen LogP contribution in [0.1, 0.15) is 54.4 Å². The van der Waals surface area contributed by atoms with Gasteiger partial charge in [0.2, 0.25) is 5.91 Å². The van der Waals surface area contributed by atoms with Gasteiger partial charge in [-0.25, -0.2) is 4.79 Å². The van der Waals surface area contributed by atoms with Crippen LogP contribution in [0, 0.1) is 5.92 Å². The number of thiophene rings is 1. The van der Waals surface area contributed by atoms with Crippen molar-refractivity contribution in [2.75, 3.05) is 17.7 Å². The number of halogens is 1. The third-order valence-electron chi connectivity index (χ3n) is 6.04. The van der Waals surface area contributed by atoms with Crippen LogP contribution < -0.4 is 5.32 Å². The Labute approximate surface area is 217 Å². The zero-order valence-corrected chi connectivity index (χ0v) is 22.6. The molecule has 0 aliphatic heterocycles. The van der Waals surface area contributed by atoms with Crippen molar-refractivity contribution >= 4 is 51.6 Å². The number of fused-ring (bicyclic) bond motifs is 1. The van der Waals surface area contributed by atoms with Crippen molar-refractivity contribution in [3.05, 3.63) is 27.2 Å². The van der Waals surface area contributed by atoms with E-state index in [4.69, 9.17) is 16.3 Å². The summed E-state index contributed by atoms with van der Waals surface area (Å²) in [6.45, 7) is 6.84. The van der Waals surface area contributed by atoms with E-state index in [0.717, 1.165) is 31.2 Å². The van der Waals surface area contributed by atoms with Gasteiger partial charge in [-0.1, -0.05) is 36.7 Å². The van der Waals surface area contributed by atoms with E-state index in [1.165, 1.54) is 28.0 Å². The summed E-state index contributed by atoms with van der Waals surface area (Å²) in [6, 6.07) is 0. The number of esters is 1. The molecule has 0 bridgehead atoms. The topological polar surface area (TPSA) is 104 Å². The van der Waals surface area contributed by atoms with Gasteiger partial charge >= 0.3 is 5.97 Å². The Morgan fingerprint density at radius 3 is 2.77 bits per heavy atom. The first-order valence-corrected chi connectivity index (χ1v) is 13.9. The van der Waals surface area contributed by atoms with E-state index < -0.39 is 0 Å². The van der Waals surface area contributed by atoms with Gasteiger partial charge in [-0.15, -0.1) is 21.5 Å². The van der Waals surface area contributed by atoms with Crippen LogP contribution in [0.15, 0.2) is 11.4 Å². The van der Waals surface area contributed by atoms with Crippen LogP contribution in [-0.4, -0.2) is 48.8 Å². The van der Waals surface area contributed by atoms with Crippen LogP contribution in [0.2, 0.25) is 5.02 Å². The number of nitrogens with one attached hydrogen (secondary N) is 1. The number of anilines is 1. The lowest BCUT2D eigenvalue weighted by atomic mass is 9.85. The molecule has 3 aromatic rings. The average Bonchev–Trinajstić information content (AvgIpc) is 3.50. The maximum absolute atomic E-state index is 12.9. The molecule has 1 aliphatic carbocycles. The number of amides is 1. The summed E-state index contributed by atoms with van der Waals surface area (Å²) < 4.78 is 8.82. The Morgan fingerprint density at radius 2 is 2.11 bits per heavy atom. The molecule has 35 heavy (non-hydrogen) atoms. The molecule has 1 atom stereocenters. The number of thioether (sulfide) groups is 1. The molecule has 9 nitrogen and oxygen atoms in total. The van der Waals surface area contributed by atoms with Gasteiger partial charge in [0.05, 0.1) is 22.9 Å². The Kier molecular flexibility index (Phi) is 8.18. The van der Waals surface area contributed by atoms with Crippen molar-refractivity contribution in [3.8, 4) is 11.5 Å². The quantitative estimate of drug-likeness (QED) is 0.308. The lowest BCUT2D eigenvalue weighted by Gasteiger charge is -2.20. The molecule has 12 heteroatoms. The molecule has 3 aromatic heterocycles. The first-order chi connectivity index (χ1) is 16.9. The molecule has 1 unspecified atom stereocenters. The van der Waals surface area contributed by atoms with Gasteiger partial charge in [-0.2, -0.15) is 5.10 Å². The lowest BCUT2D eigenvalue weighted by Crippen LogP contribution is -2.18. The molecule has 1 aliphatic rings. The smallest absolute Gasteiger partial charge is 0.341 e. The molecule has 0 saturated heterocycles. The van der Waals surface area contributed by atoms with Gasteiger partial charge in [0.15, 0.2) is 11.0 Å². The second kappa shape index (κ2) is 11.1. The van der Waals surface area contributed by atoms with Gasteiger partial charge in [0.25, 0.3) is 0 Å². The molecule has 0 aromatic carbocycles. The normalized spacial score (nSPS) is 15.2. The first kappa shape index (κ1) is 25.7. The van der Waals surface area contributed by atoms with Crippen LogP contribution in [0.3, 0.4) is 0 Å². The molecule has 0 radical (unpaired) electrons. The lowest BCUT2D eigenvalue weighted by molar-refractivity contribution is -0.113. The van der Waals surface area contributed by atoms with Crippen LogP contribution in [0.25, 0.3) is 11.5 Å². The number of rotatable bonds is 9. The summed E-state index contributed by atoms with van der Waals surface area (Å²) in [5, 5.41) is 17.5. The summed E-state index contributed by atoms with van der Waals surface area (Å²) in [7, 11) is 1.79. The zero-order valence-electron chi connectivity index (χ0n) is 20.3. The zero-order chi connectivity index (χ0) is 25.1. The summed E-state index contributed by atoms with van der Waals surface area (Å²) >= 11 is 9.06. The van der Waals surface area contributed by atoms with Crippen molar-refractivity contribution < 1.29 is 14.3 Å². The van der Waals surface area contributed by atoms with Crippen molar-refractivity contribution in [3.63, 3.8) is 0 Å². The molecule has 4 rings (SSSR count). The maximum atomic E-state index is 12.9. The molecule has 0 spiro atoms. The van der Waals surface area contributed by atoms with Crippen molar-refractivity contribution in [2.45, 2.75) is 58.2 Å². The number of aryl methyl sites for hydroxylation is 1. The van der Waals surface area contributed by atoms with E-state index in [1.807, 2.05) is 11.5 Å². The Bertz CT molecular complexity index is 1230. The molecule has 0 saturated carbocycles. The number of hydrogen-bond donors (Lipinski definition) is 1. The maximum Gasteiger partial charge on any atom is 0.341 e. The largest absolute Gasteiger partial charge is 0.462 e. The van der Waals surface area contributed by atoms with E-state index in [-0.39, 0.29) is 17.6 Å². The predicted octanol–water partition coefficient (Wildman–Crippen LogP) is 4.84. The summed E-state index contributed by atoms with van der Waals surface area (Å²) in [5.41, 5.74) is 2.10. The number of nitrogens with zero attached hydrogens (tertiary/aromatic N) is 5. The van der Waals surface area contributed by atoms with E-state index in [2.05, 4.69) is 27.5 Å². The van der Waals surface area contributed by atoms with Gasteiger partial charge in [-0.05, 0) is 44.6 Å². The molecule has 1 N–H and O–H groups in total. The predicted molar refractivity (Wildman–Crippen MR) is 138 cm³/mol. The molecule has 3 heterocycles. The second-order valence-corrected chi connectivity index (χ2v) is 10.8. The number of aromatic nitrogens is 5. The van der Waals surface area contributed by atoms with Gasteiger partial charge in [0, 0.05) is 24.7 Å². The summed E-state index contributed by atoms with van der Waals surface area (Å²) in [5.74, 6) is 0.704.